The number of rotatable bonds is 5. The van der Waals surface area contributed by atoms with Gasteiger partial charge in [-0.1, -0.05) is 54.5 Å². The third-order valence-corrected chi connectivity index (χ3v) is 4.23. The van der Waals surface area contributed by atoms with Gasteiger partial charge >= 0.3 is 5.97 Å². The van der Waals surface area contributed by atoms with Crippen molar-refractivity contribution in [2.45, 2.75) is 33.0 Å². The van der Waals surface area contributed by atoms with E-state index in [1.54, 1.807) is 12.1 Å². The summed E-state index contributed by atoms with van der Waals surface area (Å²) < 4.78 is 11.4. The molecule has 0 saturated heterocycles. The lowest BCUT2D eigenvalue weighted by atomic mass is 10.0. The molecular formula is C26H24O3. The van der Waals surface area contributed by atoms with Crippen LogP contribution >= 0.6 is 0 Å². The number of carbonyl (C=O) groups is 1. The summed E-state index contributed by atoms with van der Waals surface area (Å²) in [7, 11) is 0. The number of esters is 1. The van der Waals surface area contributed by atoms with E-state index in [0.29, 0.717) is 23.5 Å². The van der Waals surface area contributed by atoms with Gasteiger partial charge in [-0.2, -0.15) is 0 Å². The SMILES string of the molecule is C#Cc1ccc(-c2ccc(C(=O)OC(C)(C)C)cc2)cc1OCc1ccccc1. The molecule has 0 radical (unpaired) electrons. The van der Waals surface area contributed by atoms with Crippen LogP contribution in [0.15, 0.2) is 72.8 Å². The Kier molecular flexibility index (Phi) is 6.04. The number of terminal acetylenes is 1. The predicted molar refractivity (Wildman–Crippen MR) is 116 cm³/mol. The third-order valence-electron chi connectivity index (χ3n) is 4.23. The molecule has 0 aromatic heterocycles. The predicted octanol–water partition coefficient (Wildman–Crippen LogP) is 5.87. The van der Waals surface area contributed by atoms with Crippen LogP contribution in [0.2, 0.25) is 0 Å². The Morgan fingerprint density at radius 1 is 0.931 bits per heavy atom. The second-order valence-corrected chi connectivity index (χ2v) is 7.71. The monoisotopic (exact) mass is 384 g/mol. The molecular weight excluding hydrogens is 360 g/mol. The maximum absolute atomic E-state index is 12.2. The summed E-state index contributed by atoms with van der Waals surface area (Å²) in [6, 6.07) is 23.0. The highest BCUT2D eigenvalue weighted by Crippen LogP contribution is 2.28. The first-order valence-electron chi connectivity index (χ1n) is 9.47. The topological polar surface area (TPSA) is 35.5 Å². The van der Waals surface area contributed by atoms with Crippen LogP contribution in [0, 0.1) is 12.3 Å². The minimum absolute atomic E-state index is 0.335. The fourth-order valence-electron chi connectivity index (χ4n) is 2.81. The largest absolute Gasteiger partial charge is 0.488 e. The normalized spacial score (nSPS) is 10.8. The number of ether oxygens (including phenoxy) is 2. The van der Waals surface area contributed by atoms with Gasteiger partial charge in [0.2, 0.25) is 0 Å². The Morgan fingerprint density at radius 3 is 2.21 bits per heavy atom. The van der Waals surface area contributed by atoms with Crippen molar-refractivity contribution in [2.75, 3.05) is 0 Å². The van der Waals surface area contributed by atoms with Crippen molar-refractivity contribution in [1.29, 1.82) is 0 Å². The van der Waals surface area contributed by atoms with Crippen LogP contribution < -0.4 is 4.74 Å². The molecule has 146 valence electrons. The quantitative estimate of drug-likeness (QED) is 0.408. The van der Waals surface area contributed by atoms with Gasteiger partial charge in [0.15, 0.2) is 0 Å². The number of carbonyl (C=O) groups excluding carboxylic acids is 1. The van der Waals surface area contributed by atoms with Crippen molar-refractivity contribution in [2.24, 2.45) is 0 Å². The zero-order valence-electron chi connectivity index (χ0n) is 16.9. The molecule has 0 aliphatic rings. The van der Waals surface area contributed by atoms with Gasteiger partial charge in [-0.15, -0.1) is 6.42 Å². The molecule has 0 unspecified atom stereocenters. The Morgan fingerprint density at radius 2 is 1.59 bits per heavy atom. The number of hydrogen-bond donors (Lipinski definition) is 0. The summed E-state index contributed by atoms with van der Waals surface area (Å²) in [5, 5.41) is 0. The van der Waals surface area contributed by atoms with Crippen molar-refractivity contribution in [3.8, 4) is 29.2 Å². The molecule has 0 fully saturated rings. The first kappa shape index (κ1) is 20.2. The van der Waals surface area contributed by atoms with E-state index in [9.17, 15) is 4.79 Å². The molecule has 0 spiro atoms. The van der Waals surface area contributed by atoms with Gasteiger partial charge in [-0.3, -0.25) is 0 Å². The smallest absolute Gasteiger partial charge is 0.338 e. The van der Waals surface area contributed by atoms with Crippen molar-refractivity contribution < 1.29 is 14.3 Å². The van der Waals surface area contributed by atoms with Gasteiger partial charge in [-0.25, -0.2) is 4.79 Å². The summed E-state index contributed by atoms with van der Waals surface area (Å²) in [6.45, 7) is 5.99. The lowest BCUT2D eigenvalue weighted by Crippen LogP contribution is -2.23. The van der Waals surface area contributed by atoms with Gasteiger partial charge in [0.25, 0.3) is 0 Å². The molecule has 3 nitrogen and oxygen atoms in total. The first-order valence-corrected chi connectivity index (χ1v) is 9.47. The van der Waals surface area contributed by atoms with Crippen LogP contribution in [0.1, 0.15) is 42.3 Å². The molecule has 3 aromatic rings. The van der Waals surface area contributed by atoms with Crippen molar-refractivity contribution in [3.05, 3.63) is 89.5 Å². The molecule has 0 bridgehead atoms. The Balaban J connectivity index is 1.80. The zero-order valence-corrected chi connectivity index (χ0v) is 16.9. The summed E-state index contributed by atoms with van der Waals surface area (Å²) >= 11 is 0. The van der Waals surface area contributed by atoms with E-state index >= 15 is 0 Å². The maximum Gasteiger partial charge on any atom is 0.338 e. The zero-order chi connectivity index (χ0) is 20.9. The lowest BCUT2D eigenvalue weighted by molar-refractivity contribution is 0.00695. The molecule has 3 aromatic carbocycles. The molecule has 3 rings (SSSR count). The molecule has 29 heavy (non-hydrogen) atoms. The van der Waals surface area contributed by atoms with E-state index < -0.39 is 5.60 Å². The van der Waals surface area contributed by atoms with Crippen LogP contribution in [0.5, 0.6) is 5.75 Å². The number of benzene rings is 3. The average Bonchev–Trinajstić information content (AvgIpc) is 2.71. The van der Waals surface area contributed by atoms with Crippen LogP contribution in [0.4, 0.5) is 0 Å². The second kappa shape index (κ2) is 8.67. The Hall–Kier alpha value is -3.51. The van der Waals surface area contributed by atoms with E-state index in [-0.39, 0.29) is 5.97 Å². The van der Waals surface area contributed by atoms with Gasteiger partial charge in [0.1, 0.15) is 18.0 Å². The van der Waals surface area contributed by atoms with Gasteiger partial charge in [0, 0.05) is 0 Å². The minimum Gasteiger partial charge on any atom is -0.488 e. The van der Waals surface area contributed by atoms with Gasteiger partial charge in [0.05, 0.1) is 11.1 Å². The van der Waals surface area contributed by atoms with Crippen LogP contribution in [0.3, 0.4) is 0 Å². The highest BCUT2D eigenvalue weighted by atomic mass is 16.6. The Labute approximate surface area is 172 Å². The maximum atomic E-state index is 12.2. The average molecular weight is 384 g/mol. The molecule has 0 amide bonds. The first-order chi connectivity index (χ1) is 13.9. The second-order valence-electron chi connectivity index (χ2n) is 7.71. The molecule has 0 atom stereocenters. The summed E-state index contributed by atoms with van der Waals surface area (Å²) in [4.78, 5) is 12.2. The van der Waals surface area contributed by atoms with E-state index in [4.69, 9.17) is 15.9 Å². The lowest BCUT2D eigenvalue weighted by Gasteiger charge is -2.19. The van der Waals surface area contributed by atoms with Gasteiger partial charge < -0.3 is 9.47 Å². The minimum atomic E-state index is -0.522. The third kappa shape index (κ3) is 5.49. The standard InChI is InChI=1S/C26H24O3/c1-5-20-11-16-23(17-24(20)28-18-19-9-7-6-8-10-19)21-12-14-22(15-13-21)25(27)29-26(2,3)4/h1,6-17H,18H2,2-4H3. The van der Waals surface area contributed by atoms with Gasteiger partial charge in [-0.05, 0) is 61.7 Å². The molecule has 0 aliphatic carbocycles. The Bertz CT molecular complexity index is 1020. The van der Waals surface area contributed by atoms with Crippen LogP contribution in [-0.2, 0) is 11.3 Å². The van der Waals surface area contributed by atoms with E-state index in [1.165, 1.54) is 0 Å². The van der Waals surface area contributed by atoms with Crippen LogP contribution in [0.25, 0.3) is 11.1 Å². The molecule has 0 aliphatic heterocycles. The number of hydrogen-bond acceptors (Lipinski definition) is 3. The van der Waals surface area contributed by atoms with Crippen molar-refractivity contribution in [3.63, 3.8) is 0 Å². The summed E-state index contributed by atoms with van der Waals surface area (Å²) in [6.07, 6.45) is 5.63. The molecule has 0 saturated carbocycles. The van der Waals surface area contributed by atoms with Crippen molar-refractivity contribution >= 4 is 5.97 Å². The van der Waals surface area contributed by atoms with E-state index in [0.717, 1.165) is 16.7 Å². The van der Waals surface area contributed by atoms with Crippen molar-refractivity contribution in [1.82, 2.24) is 0 Å². The molecule has 3 heteroatoms. The van der Waals surface area contributed by atoms with E-state index in [2.05, 4.69) is 5.92 Å². The highest BCUT2D eigenvalue weighted by Gasteiger charge is 2.17. The fraction of sp³-hybridized carbons (Fsp3) is 0.192. The highest BCUT2D eigenvalue weighted by molar-refractivity contribution is 5.90. The fourth-order valence-corrected chi connectivity index (χ4v) is 2.81. The van der Waals surface area contributed by atoms with Crippen LogP contribution in [-0.4, -0.2) is 11.6 Å². The van der Waals surface area contributed by atoms with E-state index in [1.807, 2.05) is 81.4 Å². The summed E-state index contributed by atoms with van der Waals surface area (Å²) in [5.74, 6) is 2.99. The summed E-state index contributed by atoms with van der Waals surface area (Å²) in [5.41, 5.74) is 3.70. The molecule has 0 N–H and O–H groups in total. The molecule has 0 heterocycles.